The van der Waals surface area contributed by atoms with Crippen LogP contribution in [-0.4, -0.2) is 59.3 Å². The zero-order valence-electron chi connectivity index (χ0n) is 15.4. The molecular formula is C19H26N4O2. The molecule has 1 aliphatic rings. The number of rotatable bonds is 4. The van der Waals surface area contributed by atoms with E-state index in [1.807, 2.05) is 43.0 Å². The second kappa shape index (κ2) is 7.27. The smallest absolute Gasteiger partial charge is 0.244 e. The molecule has 0 aliphatic carbocycles. The highest BCUT2D eigenvalue weighted by Crippen LogP contribution is 2.31. The predicted octanol–water partition coefficient (Wildman–Crippen LogP) is 2.02. The second-order valence-corrected chi connectivity index (χ2v) is 6.66. The number of methoxy groups -OCH3 is 1. The predicted molar refractivity (Wildman–Crippen MR) is 96.6 cm³/mol. The Balaban J connectivity index is 1.76. The minimum absolute atomic E-state index is 0.110. The van der Waals surface area contributed by atoms with Crippen molar-refractivity contribution in [2.24, 2.45) is 0 Å². The van der Waals surface area contributed by atoms with Crippen molar-refractivity contribution in [2.45, 2.75) is 26.4 Å². The Morgan fingerprint density at radius 2 is 2.04 bits per heavy atom. The van der Waals surface area contributed by atoms with E-state index in [2.05, 4.69) is 23.1 Å². The lowest BCUT2D eigenvalue weighted by atomic mass is 10.0. The van der Waals surface area contributed by atoms with Gasteiger partial charge in [-0.15, -0.1) is 0 Å². The summed E-state index contributed by atoms with van der Waals surface area (Å²) in [6, 6.07) is 10.2. The summed E-state index contributed by atoms with van der Waals surface area (Å²) in [6.45, 7) is 6.46. The highest BCUT2D eigenvalue weighted by Gasteiger charge is 2.30. The van der Waals surface area contributed by atoms with Crippen molar-refractivity contribution in [1.29, 1.82) is 0 Å². The van der Waals surface area contributed by atoms with Crippen LogP contribution in [0.25, 0.3) is 0 Å². The molecule has 3 rings (SSSR count). The first kappa shape index (κ1) is 17.5. The van der Waals surface area contributed by atoms with E-state index < -0.39 is 0 Å². The van der Waals surface area contributed by atoms with Crippen molar-refractivity contribution in [3.63, 3.8) is 0 Å². The molecule has 6 nitrogen and oxygen atoms in total. The molecule has 0 N–H and O–H groups in total. The molecule has 0 unspecified atom stereocenters. The number of aryl methyl sites for hydroxylation is 2. The summed E-state index contributed by atoms with van der Waals surface area (Å²) >= 11 is 0. The van der Waals surface area contributed by atoms with Gasteiger partial charge in [-0.25, -0.2) is 0 Å². The molecule has 0 radical (unpaired) electrons. The van der Waals surface area contributed by atoms with E-state index in [9.17, 15) is 4.79 Å². The van der Waals surface area contributed by atoms with Crippen molar-refractivity contribution in [3.8, 4) is 5.75 Å². The Labute approximate surface area is 149 Å². The average molecular weight is 342 g/mol. The van der Waals surface area contributed by atoms with E-state index in [0.29, 0.717) is 13.1 Å². The molecule has 0 bridgehead atoms. The zero-order valence-corrected chi connectivity index (χ0v) is 15.4. The van der Waals surface area contributed by atoms with Gasteiger partial charge < -0.3 is 9.64 Å². The number of hydrogen-bond donors (Lipinski definition) is 0. The summed E-state index contributed by atoms with van der Waals surface area (Å²) in [4.78, 5) is 17.0. The van der Waals surface area contributed by atoms with Crippen LogP contribution in [0.2, 0.25) is 0 Å². The first-order valence-corrected chi connectivity index (χ1v) is 8.61. The summed E-state index contributed by atoms with van der Waals surface area (Å²) in [7, 11) is 3.79. The van der Waals surface area contributed by atoms with Crippen molar-refractivity contribution >= 4 is 5.91 Å². The molecule has 1 atom stereocenters. The highest BCUT2D eigenvalue weighted by molar-refractivity contribution is 5.76. The molecule has 1 saturated heterocycles. The lowest BCUT2D eigenvalue weighted by Crippen LogP contribution is -2.50. The molecule has 134 valence electrons. The van der Waals surface area contributed by atoms with Gasteiger partial charge in [0.15, 0.2) is 0 Å². The zero-order chi connectivity index (χ0) is 18.0. The molecular weight excluding hydrogens is 316 g/mol. The van der Waals surface area contributed by atoms with Crippen LogP contribution in [0.15, 0.2) is 30.3 Å². The molecule has 1 aromatic heterocycles. The van der Waals surface area contributed by atoms with E-state index >= 15 is 0 Å². The van der Waals surface area contributed by atoms with Crippen LogP contribution in [0.3, 0.4) is 0 Å². The number of nitrogens with zero attached hydrogens (tertiary/aromatic N) is 4. The maximum atomic E-state index is 12.8. The number of ether oxygens (including phenoxy) is 1. The summed E-state index contributed by atoms with van der Waals surface area (Å²) in [6.07, 6.45) is 0. The Morgan fingerprint density at radius 1 is 1.28 bits per heavy atom. The van der Waals surface area contributed by atoms with Gasteiger partial charge in [-0.3, -0.25) is 14.4 Å². The molecule has 2 aromatic rings. The topological polar surface area (TPSA) is 50.6 Å². The summed E-state index contributed by atoms with van der Waals surface area (Å²) in [5, 5.41) is 4.40. The highest BCUT2D eigenvalue weighted by atomic mass is 16.5. The van der Waals surface area contributed by atoms with Gasteiger partial charge in [-0.1, -0.05) is 18.2 Å². The number of likely N-dealkylation sites (N-methyl/N-ethyl adjacent to an activating group) is 1. The van der Waals surface area contributed by atoms with Crippen LogP contribution < -0.4 is 4.74 Å². The Morgan fingerprint density at radius 3 is 2.72 bits per heavy atom. The number of carbonyl (C=O) groups is 1. The molecule has 25 heavy (non-hydrogen) atoms. The minimum atomic E-state index is 0.110. The molecule has 0 spiro atoms. The quantitative estimate of drug-likeness (QED) is 0.853. The monoisotopic (exact) mass is 342 g/mol. The van der Waals surface area contributed by atoms with Crippen molar-refractivity contribution in [1.82, 2.24) is 19.6 Å². The summed E-state index contributed by atoms with van der Waals surface area (Å²) < 4.78 is 7.30. The average Bonchev–Trinajstić information content (AvgIpc) is 2.92. The van der Waals surface area contributed by atoms with Crippen molar-refractivity contribution < 1.29 is 9.53 Å². The molecule has 1 aromatic carbocycles. The van der Waals surface area contributed by atoms with Crippen LogP contribution in [0, 0.1) is 13.8 Å². The second-order valence-electron chi connectivity index (χ2n) is 6.66. The van der Waals surface area contributed by atoms with Gasteiger partial charge in [0, 0.05) is 30.9 Å². The minimum Gasteiger partial charge on any atom is -0.496 e. The van der Waals surface area contributed by atoms with Crippen LogP contribution >= 0.6 is 0 Å². The maximum Gasteiger partial charge on any atom is 0.244 e. The first-order chi connectivity index (χ1) is 12.0. The molecule has 6 heteroatoms. The molecule has 1 aliphatic heterocycles. The normalized spacial score (nSPS) is 18.4. The largest absolute Gasteiger partial charge is 0.496 e. The third-order valence-corrected chi connectivity index (χ3v) is 4.89. The number of aromatic nitrogens is 2. The van der Waals surface area contributed by atoms with Gasteiger partial charge in [0.1, 0.15) is 12.3 Å². The van der Waals surface area contributed by atoms with E-state index in [0.717, 1.165) is 35.8 Å². The van der Waals surface area contributed by atoms with Crippen LogP contribution in [0.5, 0.6) is 5.75 Å². The third-order valence-electron chi connectivity index (χ3n) is 4.89. The SMILES string of the molecule is COc1ccccc1[C@H]1CN(C(=O)Cn2nc(C)cc2C)CCN1C. The Bertz CT molecular complexity index is 756. The fraction of sp³-hybridized carbons (Fsp3) is 0.474. The van der Waals surface area contributed by atoms with Crippen molar-refractivity contribution in [2.75, 3.05) is 33.8 Å². The van der Waals surface area contributed by atoms with E-state index in [-0.39, 0.29) is 11.9 Å². The van der Waals surface area contributed by atoms with Gasteiger partial charge in [0.05, 0.1) is 18.8 Å². The molecule has 1 fully saturated rings. The van der Waals surface area contributed by atoms with Gasteiger partial charge in [-0.2, -0.15) is 5.10 Å². The summed E-state index contributed by atoms with van der Waals surface area (Å²) in [5.41, 5.74) is 3.08. The van der Waals surface area contributed by atoms with Gasteiger partial charge in [0.25, 0.3) is 0 Å². The van der Waals surface area contributed by atoms with Gasteiger partial charge >= 0.3 is 0 Å². The standard InChI is InChI=1S/C19H26N4O2/c1-14-11-15(2)23(20-14)13-19(24)22-10-9-21(3)17(12-22)16-7-5-6-8-18(16)25-4/h5-8,11,17H,9-10,12-13H2,1-4H3/t17-/m1/s1. The summed E-state index contributed by atoms with van der Waals surface area (Å²) in [5.74, 6) is 0.978. The molecule has 1 amide bonds. The Kier molecular flexibility index (Phi) is 5.08. The lowest BCUT2D eigenvalue weighted by molar-refractivity contribution is -0.134. The number of amides is 1. The molecule has 2 heterocycles. The number of benzene rings is 1. The fourth-order valence-corrected chi connectivity index (χ4v) is 3.44. The number of hydrogen-bond acceptors (Lipinski definition) is 4. The van der Waals surface area contributed by atoms with Gasteiger partial charge in [0.2, 0.25) is 5.91 Å². The lowest BCUT2D eigenvalue weighted by Gasteiger charge is -2.40. The first-order valence-electron chi connectivity index (χ1n) is 8.61. The van der Waals surface area contributed by atoms with Crippen LogP contribution in [0.1, 0.15) is 23.0 Å². The third kappa shape index (κ3) is 3.69. The van der Waals surface area contributed by atoms with Gasteiger partial charge in [-0.05, 0) is 33.0 Å². The number of para-hydroxylation sites is 1. The van der Waals surface area contributed by atoms with E-state index in [4.69, 9.17) is 4.74 Å². The number of piperazine rings is 1. The number of carbonyl (C=O) groups excluding carboxylic acids is 1. The molecule has 0 saturated carbocycles. The van der Waals surface area contributed by atoms with Crippen LogP contribution in [-0.2, 0) is 11.3 Å². The fourth-order valence-electron chi connectivity index (χ4n) is 3.44. The Hall–Kier alpha value is -2.34. The van der Waals surface area contributed by atoms with Crippen molar-refractivity contribution in [3.05, 3.63) is 47.3 Å². The maximum absolute atomic E-state index is 12.8. The van der Waals surface area contributed by atoms with Crippen LogP contribution in [0.4, 0.5) is 0 Å². The van der Waals surface area contributed by atoms with E-state index in [1.165, 1.54) is 0 Å². The van der Waals surface area contributed by atoms with E-state index in [1.54, 1.807) is 11.8 Å².